The Morgan fingerprint density at radius 1 is 0.588 bits per heavy atom. The number of carbonyl (C=O) groups is 9. The van der Waals surface area contributed by atoms with Crippen LogP contribution in [0.1, 0.15) is 96.6 Å². The monoisotopic (exact) mass is 942 g/mol. The minimum Gasteiger partial charge on any atom is -0.508 e. The highest BCUT2D eigenvalue weighted by atomic mass is 16.3. The number of aromatic hydroxyl groups is 1. The molecule has 9 unspecified atom stereocenters. The molecule has 4 aliphatic heterocycles. The molecule has 4 fully saturated rings. The van der Waals surface area contributed by atoms with Gasteiger partial charge in [0.2, 0.25) is 53.2 Å². The fourth-order valence-corrected chi connectivity index (χ4v) is 9.73. The van der Waals surface area contributed by atoms with Crippen LogP contribution >= 0.6 is 0 Å². The predicted molar refractivity (Wildman–Crippen MR) is 249 cm³/mol. The van der Waals surface area contributed by atoms with E-state index in [9.17, 15) is 48.3 Å². The highest BCUT2D eigenvalue weighted by Crippen LogP contribution is 2.26. The molecule has 68 heavy (non-hydrogen) atoms. The van der Waals surface area contributed by atoms with Gasteiger partial charge in [0.15, 0.2) is 0 Å². The van der Waals surface area contributed by atoms with E-state index < -0.39 is 108 Å². The summed E-state index contributed by atoms with van der Waals surface area (Å²) in [5.41, 5.74) is 6.80. The van der Waals surface area contributed by atoms with Crippen molar-refractivity contribution in [2.24, 2.45) is 17.6 Å². The summed E-state index contributed by atoms with van der Waals surface area (Å²) in [6.45, 7) is 8.05. The Balaban J connectivity index is 1.41. The van der Waals surface area contributed by atoms with Crippen molar-refractivity contribution in [2.75, 3.05) is 19.6 Å². The summed E-state index contributed by atoms with van der Waals surface area (Å²) in [5.74, 6) is -6.59. The number of nitrogens with one attached hydrogen (secondary N) is 5. The van der Waals surface area contributed by atoms with Gasteiger partial charge >= 0.3 is 0 Å². The fourth-order valence-electron chi connectivity index (χ4n) is 9.73. The van der Waals surface area contributed by atoms with Crippen LogP contribution in [0.5, 0.6) is 5.75 Å². The number of fused-ring (bicyclic) bond motifs is 3. The number of rotatable bonds is 10. The van der Waals surface area contributed by atoms with Crippen molar-refractivity contribution < 1.29 is 48.3 Å². The van der Waals surface area contributed by atoms with Crippen LogP contribution in [0.2, 0.25) is 0 Å². The Labute approximate surface area is 397 Å². The first-order valence-electron chi connectivity index (χ1n) is 24.0. The molecule has 0 aliphatic carbocycles. The predicted octanol–water partition coefficient (Wildman–Crippen LogP) is 0.556. The lowest BCUT2D eigenvalue weighted by atomic mass is 9.96. The van der Waals surface area contributed by atoms with Crippen LogP contribution in [-0.4, -0.2) is 141 Å². The largest absolute Gasteiger partial charge is 0.508 e. The first-order valence-corrected chi connectivity index (χ1v) is 24.0. The van der Waals surface area contributed by atoms with Crippen LogP contribution in [-0.2, 0) is 56.0 Å². The molecular formula is C49H67N9O10. The van der Waals surface area contributed by atoms with Gasteiger partial charge in [-0.25, -0.2) is 0 Å². The lowest BCUT2D eigenvalue weighted by Crippen LogP contribution is -2.62. The van der Waals surface area contributed by atoms with Crippen molar-refractivity contribution in [2.45, 2.75) is 147 Å². The number of amides is 9. The Hall–Kier alpha value is -6.53. The molecule has 19 nitrogen and oxygen atoms in total. The van der Waals surface area contributed by atoms with Gasteiger partial charge in [-0.2, -0.15) is 0 Å². The van der Waals surface area contributed by atoms with Gasteiger partial charge in [-0.15, -0.1) is 0 Å². The zero-order valence-corrected chi connectivity index (χ0v) is 39.4. The maximum atomic E-state index is 14.7. The van der Waals surface area contributed by atoms with Gasteiger partial charge in [-0.1, -0.05) is 76.6 Å². The van der Waals surface area contributed by atoms with Crippen LogP contribution in [0.3, 0.4) is 0 Å². The third-order valence-electron chi connectivity index (χ3n) is 13.6. The zero-order chi connectivity index (χ0) is 49.2. The molecule has 4 heterocycles. The van der Waals surface area contributed by atoms with Crippen LogP contribution in [0.25, 0.3) is 0 Å². The molecular weight excluding hydrogens is 875 g/mol. The molecule has 0 spiro atoms. The molecule has 0 bridgehead atoms. The lowest BCUT2D eigenvalue weighted by Gasteiger charge is -2.35. The molecule has 19 heteroatoms. The quantitative estimate of drug-likeness (QED) is 0.174. The number of nitrogens with two attached hydrogens (primary N) is 1. The first-order chi connectivity index (χ1) is 32.4. The molecule has 4 aliphatic rings. The van der Waals surface area contributed by atoms with Gasteiger partial charge in [-0.3, -0.25) is 43.2 Å². The second-order valence-electron chi connectivity index (χ2n) is 19.0. The normalized spacial score (nSPS) is 27.6. The highest BCUT2D eigenvalue weighted by Gasteiger charge is 2.45. The molecule has 9 atom stereocenters. The highest BCUT2D eigenvalue weighted by molar-refractivity contribution is 6.00. The summed E-state index contributed by atoms with van der Waals surface area (Å²) in [7, 11) is 0. The van der Waals surface area contributed by atoms with E-state index in [2.05, 4.69) is 26.6 Å². The zero-order valence-electron chi connectivity index (χ0n) is 39.4. The molecule has 4 saturated heterocycles. The number of nitrogens with zero attached hydrogens (tertiary/aromatic N) is 3. The third-order valence-corrected chi connectivity index (χ3v) is 13.6. The average Bonchev–Trinajstić information content (AvgIpc) is 4.12. The van der Waals surface area contributed by atoms with Crippen molar-refractivity contribution in [1.29, 1.82) is 0 Å². The van der Waals surface area contributed by atoms with Crippen molar-refractivity contribution in [3.8, 4) is 5.75 Å². The number of carbonyl (C=O) groups excluding carboxylic acids is 9. The van der Waals surface area contributed by atoms with Gasteiger partial charge in [0.1, 0.15) is 54.1 Å². The molecule has 6 rings (SSSR count). The molecule has 9 amide bonds. The summed E-state index contributed by atoms with van der Waals surface area (Å²) in [6.07, 6.45) is 2.06. The van der Waals surface area contributed by atoms with E-state index in [1.165, 1.54) is 26.8 Å². The van der Waals surface area contributed by atoms with Gasteiger partial charge in [0.05, 0.1) is 6.42 Å². The lowest BCUT2D eigenvalue weighted by molar-refractivity contribution is -0.146. The van der Waals surface area contributed by atoms with E-state index in [0.29, 0.717) is 43.2 Å². The Kier molecular flexibility index (Phi) is 17.2. The molecule has 2 aromatic carbocycles. The van der Waals surface area contributed by atoms with Crippen molar-refractivity contribution >= 4 is 53.2 Å². The number of hydrogen-bond donors (Lipinski definition) is 7. The van der Waals surface area contributed by atoms with E-state index in [1.807, 2.05) is 27.7 Å². The number of phenolic OH excluding ortho intramolecular Hbond substituents is 1. The van der Waals surface area contributed by atoms with Gasteiger partial charge in [0.25, 0.3) is 0 Å². The molecule has 0 aromatic heterocycles. The third kappa shape index (κ3) is 12.5. The number of primary amides is 1. The minimum absolute atomic E-state index is 0.0376. The Bertz CT molecular complexity index is 2190. The summed E-state index contributed by atoms with van der Waals surface area (Å²) in [4.78, 5) is 132. The fraction of sp³-hybridized carbons (Fsp3) is 0.571. The summed E-state index contributed by atoms with van der Waals surface area (Å²) in [5, 5.41) is 24.0. The van der Waals surface area contributed by atoms with Crippen molar-refractivity contribution in [3.63, 3.8) is 0 Å². The molecule has 2 aromatic rings. The topological polar surface area (TPSA) is 270 Å². The van der Waals surface area contributed by atoms with E-state index in [-0.39, 0.29) is 69.3 Å². The minimum atomic E-state index is -1.63. The molecule has 368 valence electrons. The smallest absolute Gasteiger partial charge is 0.246 e. The van der Waals surface area contributed by atoms with Gasteiger partial charge < -0.3 is 52.1 Å². The van der Waals surface area contributed by atoms with Gasteiger partial charge in [0, 0.05) is 32.5 Å². The van der Waals surface area contributed by atoms with Gasteiger partial charge in [-0.05, 0) is 80.0 Å². The SMILES string of the molecule is CCC(C)C1NC(=O)C2CCCN2C(=O)C(Cc2ccc(O)cc2)NC(=O)C(CC(N)=O)NC(=O)C(Cc2ccccc2)NC(=O)C2CCCN2C(=O)C(CC(C)C)NC(=O)C2CCCN2C1=O. The van der Waals surface area contributed by atoms with Crippen LogP contribution in [0, 0.1) is 11.8 Å². The molecule has 0 saturated carbocycles. The van der Waals surface area contributed by atoms with E-state index in [4.69, 9.17) is 5.73 Å². The number of phenols is 1. The number of benzene rings is 2. The summed E-state index contributed by atoms with van der Waals surface area (Å²) in [6, 6.07) is 5.27. The van der Waals surface area contributed by atoms with Crippen molar-refractivity contribution in [1.82, 2.24) is 41.3 Å². The second-order valence-corrected chi connectivity index (χ2v) is 19.0. The van der Waals surface area contributed by atoms with Crippen LogP contribution in [0.15, 0.2) is 54.6 Å². The van der Waals surface area contributed by atoms with E-state index in [1.54, 1.807) is 42.5 Å². The maximum Gasteiger partial charge on any atom is 0.246 e. The van der Waals surface area contributed by atoms with Crippen molar-refractivity contribution in [3.05, 3.63) is 65.7 Å². The number of hydrogen-bond acceptors (Lipinski definition) is 10. The second kappa shape index (κ2) is 23.0. The first kappa shape index (κ1) is 50.9. The van der Waals surface area contributed by atoms with E-state index in [0.717, 1.165) is 0 Å². The maximum absolute atomic E-state index is 14.7. The van der Waals surface area contributed by atoms with E-state index >= 15 is 0 Å². The van der Waals surface area contributed by atoms with Crippen LogP contribution < -0.4 is 32.3 Å². The molecule has 0 radical (unpaired) electrons. The standard InChI is InChI=1S/C49H67N9O10/c1-5-29(4)41-49(68)58-23-11-15-38(58)45(64)54-35(24-28(2)3)47(66)56-21-9-14-37(56)44(63)52-33(25-30-12-7-6-8-13-30)42(61)51-34(27-40(50)60)43(62)53-36(26-31-17-19-32(59)20-18-31)48(67)57-22-10-16-39(57)46(65)55-41/h6-8,12-13,17-20,28-29,33-39,41,59H,5,9-11,14-16,21-27H2,1-4H3,(H2,50,60)(H,51,61)(H,52,63)(H,53,62)(H,54,64)(H,55,65). The Morgan fingerprint density at radius 2 is 1.03 bits per heavy atom. The summed E-state index contributed by atoms with van der Waals surface area (Å²) >= 11 is 0. The Morgan fingerprint density at radius 3 is 1.56 bits per heavy atom. The molecule has 8 N–H and O–H groups in total. The average molecular weight is 942 g/mol. The summed E-state index contributed by atoms with van der Waals surface area (Å²) < 4.78 is 0. The van der Waals surface area contributed by atoms with Crippen LogP contribution in [0.4, 0.5) is 0 Å².